The van der Waals surface area contributed by atoms with Crippen molar-refractivity contribution in [1.82, 2.24) is 4.90 Å². The number of benzene rings is 1. The predicted octanol–water partition coefficient (Wildman–Crippen LogP) is 3.42. The van der Waals surface area contributed by atoms with Crippen LogP contribution in [0.2, 0.25) is 0 Å². The van der Waals surface area contributed by atoms with Crippen molar-refractivity contribution in [2.24, 2.45) is 11.7 Å². The van der Waals surface area contributed by atoms with E-state index in [9.17, 15) is 0 Å². The summed E-state index contributed by atoms with van der Waals surface area (Å²) in [4.78, 5) is 2.54. The summed E-state index contributed by atoms with van der Waals surface area (Å²) in [6, 6.07) is 7.97. The van der Waals surface area contributed by atoms with Crippen LogP contribution in [-0.2, 0) is 0 Å². The van der Waals surface area contributed by atoms with Gasteiger partial charge in [-0.1, -0.05) is 24.6 Å². The van der Waals surface area contributed by atoms with Gasteiger partial charge in [-0.2, -0.15) is 0 Å². The first-order valence-electron chi connectivity index (χ1n) is 7.53. The lowest BCUT2D eigenvalue weighted by atomic mass is 9.97. The second-order valence-electron chi connectivity index (χ2n) is 6.18. The first-order chi connectivity index (χ1) is 9.04. The molecular formula is C17H28N2. The normalized spacial score (nSPS) is 24.9. The van der Waals surface area contributed by atoms with Crippen molar-refractivity contribution in [3.63, 3.8) is 0 Å². The molecule has 2 heteroatoms. The lowest BCUT2D eigenvalue weighted by molar-refractivity contribution is 0.152. The Balaban J connectivity index is 2.13. The fourth-order valence-corrected chi connectivity index (χ4v) is 3.38. The Hall–Kier alpha value is -0.860. The van der Waals surface area contributed by atoms with Crippen LogP contribution in [0.1, 0.15) is 48.9 Å². The van der Waals surface area contributed by atoms with Gasteiger partial charge < -0.3 is 5.73 Å². The fraction of sp³-hybridized carbons (Fsp3) is 0.647. The number of nitrogens with zero attached hydrogens (tertiary/aromatic N) is 1. The summed E-state index contributed by atoms with van der Waals surface area (Å²) >= 11 is 0. The minimum Gasteiger partial charge on any atom is -0.330 e. The molecule has 3 unspecified atom stereocenters. The fourth-order valence-electron chi connectivity index (χ4n) is 3.38. The number of hydrogen-bond acceptors (Lipinski definition) is 2. The molecule has 0 bridgehead atoms. The van der Waals surface area contributed by atoms with Crippen molar-refractivity contribution in [1.29, 1.82) is 0 Å². The van der Waals surface area contributed by atoms with Gasteiger partial charge in [0.1, 0.15) is 0 Å². The van der Waals surface area contributed by atoms with Gasteiger partial charge in [-0.25, -0.2) is 0 Å². The third-order valence-corrected chi connectivity index (χ3v) is 5.07. The minimum absolute atomic E-state index is 0.469. The molecule has 0 amide bonds. The van der Waals surface area contributed by atoms with Gasteiger partial charge in [0.15, 0.2) is 0 Å². The average Bonchev–Trinajstić information content (AvgIpc) is 2.88. The first kappa shape index (κ1) is 14.5. The van der Waals surface area contributed by atoms with Crippen molar-refractivity contribution in [2.75, 3.05) is 13.6 Å². The van der Waals surface area contributed by atoms with Crippen molar-refractivity contribution >= 4 is 0 Å². The number of hydrogen-bond donors (Lipinski definition) is 1. The molecule has 0 aromatic heterocycles. The Morgan fingerprint density at radius 3 is 2.63 bits per heavy atom. The van der Waals surface area contributed by atoms with Gasteiger partial charge in [0.05, 0.1) is 0 Å². The first-order valence-corrected chi connectivity index (χ1v) is 7.53. The molecule has 0 radical (unpaired) electrons. The molecule has 3 atom stereocenters. The topological polar surface area (TPSA) is 29.3 Å². The summed E-state index contributed by atoms with van der Waals surface area (Å²) in [5.41, 5.74) is 10.1. The zero-order valence-electron chi connectivity index (χ0n) is 12.8. The highest BCUT2D eigenvalue weighted by Gasteiger charge is 2.31. The van der Waals surface area contributed by atoms with Crippen LogP contribution in [-0.4, -0.2) is 24.5 Å². The van der Waals surface area contributed by atoms with E-state index in [-0.39, 0.29) is 0 Å². The maximum atomic E-state index is 5.92. The van der Waals surface area contributed by atoms with E-state index in [1.165, 1.54) is 36.0 Å². The summed E-state index contributed by atoms with van der Waals surface area (Å²) in [5.74, 6) is 0.680. The van der Waals surface area contributed by atoms with Gasteiger partial charge in [-0.3, -0.25) is 4.90 Å². The molecule has 2 rings (SSSR count). The molecule has 0 heterocycles. The lowest BCUT2D eigenvalue weighted by Gasteiger charge is -2.34. The molecule has 1 aliphatic carbocycles. The van der Waals surface area contributed by atoms with Gasteiger partial charge in [0, 0.05) is 12.1 Å². The van der Waals surface area contributed by atoms with Crippen LogP contribution in [0, 0.1) is 19.8 Å². The average molecular weight is 260 g/mol. The van der Waals surface area contributed by atoms with Gasteiger partial charge in [0.2, 0.25) is 0 Å². The third kappa shape index (κ3) is 3.01. The van der Waals surface area contributed by atoms with E-state index in [4.69, 9.17) is 5.73 Å². The van der Waals surface area contributed by atoms with Crippen LogP contribution in [0.5, 0.6) is 0 Å². The summed E-state index contributed by atoms with van der Waals surface area (Å²) < 4.78 is 0. The van der Waals surface area contributed by atoms with E-state index in [1.807, 2.05) is 0 Å². The molecule has 0 aliphatic heterocycles. The Bertz CT molecular complexity index is 427. The Kier molecular flexibility index (Phi) is 4.64. The van der Waals surface area contributed by atoms with E-state index in [0.29, 0.717) is 18.0 Å². The third-order valence-electron chi connectivity index (χ3n) is 5.07. The van der Waals surface area contributed by atoms with Crippen LogP contribution in [0.25, 0.3) is 0 Å². The molecule has 19 heavy (non-hydrogen) atoms. The molecule has 1 aliphatic rings. The second-order valence-corrected chi connectivity index (χ2v) is 6.18. The predicted molar refractivity (Wildman–Crippen MR) is 82.3 cm³/mol. The van der Waals surface area contributed by atoms with E-state index in [1.54, 1.807) is 0 Å². The summed E-state index contributed by atoms with van der Waals surface area (Å²) in [6.07, 6.45) is 3.93. The standard InChI is InChI=1S/C17H28N2/c1-12-8-9-15(10-13(12)2)14(3)19(4)17-7-5-6-16(17)11-18/h8-10,14,16-17H,5-7,11,18H2,1-4H3. The molecule has 0 spiro atoms. The molecule has 2 nitrogen and oxygen atoms in total. The minimum atomic E-state index is 0.469. The number of rotatable bonds is 4. The van der Waals surface area contributed by atoms with Gasteiger partial charge in [0.25, 0.3) is 0 Å². The van der Waals surface area contributed by atoms with Gasteiger partial charge in [-0.05, 0) is 69.8 Å². The molecule has 2 N–H and O–H groups in total. The lowest BCUT2D eigenvalue weighted by Crippen LogP contribution is -2.39. The highest BCUT2D eigenvalue weighted by molar-refractivity contribution is 5.31. The smallest absolute Gasteiger partial charge is 0.0319 e. The maximum absolute atomic E-state index is 5.92. The van der Waals surface area contributed by atoms with E-state index >= 15 is 0 Å². The molecular weight excluding hydrogens is 232 g/mol. The molecule has 1 aromatic rings. The Labute approximate surface area is 118 Å². The van der Waals surface area contributed by atoms with E-state index in [0.717, 1.165) is 6.54 Å². The number of aryl methyl sites for hydroxylation is 2. The summed E-state index contributed by atoms with van der Waals surface area (Å²) in [6.45, 7) is 7.52. The Morgan fingerprint density at radius 2 is 2.00 bits per heavy atom. The van der Waals surface area contributed by atoms with Crippen LogP contribution < -0.4 is 5.73 Å². The monoisotopic (exact) mass is 260 g/mol. The van der Waals surface area contributed by atoms with Gasteiger partial charge in [-0.15, -0.1) is 0 Å². The highest BCUT2D eigenvalue weighted by Crippen LogP contribution is 2.33. The van der Waals surface area contributed by atoms with Crippen LogP contribution >= 0.6 is 0 Å². The SMILES string of the molecule is Cc1ccc(C(C)N(C)C2CCCC2CN)cc1C. The summed E-state index contributed by atoms with van der Waals surface area (Å²) in [7, 11) is 2.26. The van der Waals surface area contributed by atoms with Crippen LogP contribution in [0.3, 0.4) is 0 Å². The van der Waals surface area contributed by atoms with Crippen molar-refractivity contribution in [2.45, 2.75) is 52.1 Å². The second kappa shape index (κ2) is 6.06. The molecule has 1 fully saturated rings. The zero-order chi connectivity index (χ0) is 14.0. The number of nitrogens with two attached hydrogens (primary N) is 1. The Morgan fingerprint density at radius 1 is 1.26 bits per heavy atom. The van der Waals surface area contributed by atoms with E-state index in [2.05, 4.69) is 50.9 Å². The summed E-state index contributed by atoms with van der Waals surface area (Å²) in [5, 5.41) is 0. The van der Waals surface area contributed by atoms with Crippen molar-refractivity contribution < 1.29 is 0 Å². The van der Waals surface area contributed by atoms with Crippen LogP contribution in [0.15, 0.2) is 18.2 Å². The molecule has 1 saturated carbocycles. The van der Waals surface area contributed by atoms with Crippen LogP contribution in [0.4, 0.5) is 0 Å². The molecule has 106 valence electrons. The van der Waals surface area contributed by atoms with Crippen molar-refractivity contribution in [3.8, 4) is 0 Å². The van der Waals surface area contributed by atoms with Crippen molar-refractivity contribution in [3.05, 3.63) is 34.9 Å². The largest absolute Gasteiger partial charge is 0.330 e. The quantitative estimate of drug-likeness (QED) is 0.898. The van der Waals surface area contributed by atoms with E-state index < -0.39 is 0 Å². The molecule has 1 aromatic carbocycles. The molecule has 0 saturated heterocycles. The highest BCUT2D eigenvalue weighted by atomic mass is 15.2. The zero-order valence-corrected chi connectivity index (χ0v) is 12.8. The van der Waals surface area contributed by atoms with Gasteiger partial charge >= 0.3 is 0 Å². The maximum Gasteiger partial charge on any atom is 0.0319 e.